The number of nitrogens with one attached hydrogen (secondary N) is 1. The van der Waals surface area contributed by atoms with Gasteiger partial charge in [-0.1, -0.05) is 0 Å². The zero-order valence-corrected chi connectivity index (χ0v) is 9.31. The van der Waals surface area contributed by atoms with Gasteiger partial charge >= 0.3 is 0 Å². The number of nitrogens with zero attached hydrogens (tertiary/aromatic N) is 1. The van der Waals surface area contributed by atoms with Crippen LogP contribution >= 0.6 is 11.6 Å². The number of likely N-dealkylation sites (tertiary alicyclic amines) is 1. The van der Waals surface area contributed by atoms with Gasteiger partial charge in [-0.25, -0.2) is 0 Å². The summed E-state index contributed by atoms with van der Waals surface area (Å²) in [6, 6.07) is 0. The third-order valence-corrected chi connectivity index (χ3v) is 3.66. The minimum absolute atomic E-state index is 0.0915. The van der Waals surface area contributed by atoms with E-state index in [0.29, 0.717) is 5.41 Å². The Hall–Kier alpha value is -0.280. The van der Waals surface area contributed by atoms with Crippen molar-refractivity contribution in [1.82, 2.24) is 10.2 Å². The molecule has 1 N–H and O–H groups in total. The Morgan fingerprint density at radius 1 is 1.43 bits per heavy atom. The fourth-order valence-corrected chi connectivity index (χ4v) is 2.42. The number of piperidine rings is 1. The van der Waals surface area contributed by atoms with Crippen LogP contribution in [0.15, 0.2) is 0 Å². The van der Waals surface area contributed by atoms with Crippen LogP contribution in [0.4, 0.5) is 0 Å². The first-order valence-electron chi connectivity index (χ1n) is 5.27. The van der Waals surface area contributed by atoms with Crippen LogP contribution in [0.2, 0.25) is 0 Å². The standard InChI is InChI=1S/C10H17ClN2O/c1-8(11)9(14)13-4-2-10(3-5-13)6-12-7-10/h8,12H,2-7H2,1H3. The fourth-order valence-electron chi connectivity index (χ4n) is 2.29. The molecule has 2 heterocycles. The molecule has 0 aromatic rings. The van der Waals surface area contributed by atoms with E-state index in [1.807, 2.05) is 4.90 Å². The minimum atomic E-state index is -0.372. The Labute approximate surface area is 89.8 Å². The number of carbonyl (C=O) groups is 1. The van der Waals surface area contributed by atoms with Gasteiger partial charge in [0, 0.05) is 26.2 Å². The normalized spacial score (nSPS) is 27.1. The second-order valence-corrected chi connectivity index (χ2v) is 5.20. The molecule has 1 amide bonds. The molecule has 0 bridgehead atoms. The van der Waals surface area contributed by atoms with Crippen molar-refractivity contribution in [2.24, 2.45) is 5.41 Å². The number of hydrogen-bond donors (Lipinski definition) is 1. The monoisotopic (exact) mass is 216 g/mol. The van der Waals surface area contributed by atoms with Gasteiger partial charge in [-0.05, 0) is 25.2 Å². The maximum absolute atomic E-state index is 11.6. The highest BCUT2D eigenvalue weighted by Gasteiger charge is 2.40. The summed E-state index contributed by atoms with van der Waals surface area (Å²) in [7, 11) is 0. The average Bonchev–Trinajstić information content (AvgIpc) is 2.14. The number of halogens is 1. The summed E-state index contributed by atoms with van der Waals surface area (Å²) in [5.74, 6) is 0.0915. The van der Waals surface area contributed by atoms with Gasteiger partial charge in [0.05, 0.1) is 0 Å². The van der Waals surface area contributed by atoms with E-state index in [9.17, 15) is 4.79 Å². The van der Waals surface area contributed by atoms with Crippen molar-refractivity contribution in [3.63, 3.8) is 0 Å². The maximum atomic E-state index is 11.6. The van der Waals surface area contributed by atoms with Crippen LogP contribution in [0.5, 0.6) is 0 Å². The molecular weight excluding hydrogens is 200 g/mol. The Balaban J connectivity index is 1.86. The molecule has 14 heavy (non-hydrogen) atoms. The second-order valence-electron chi connectivity index (χ2n) is 4.54. The predicted molar refractivity (Wildman–Crippen MR) is 56.4 cm³/mol. The lowest BCUT2D eigenvalue weighted by Crippen LogP contribution is -2.59. The molecule has 0 aromatic heterocycles. The SMILES string of the molecule is CC(Cl)C(=O)N1CCC2(CC1)CNC2. The van der Waals surface area contributed by atoms with E-state index in [-0.39, 0.29) is 11.3 Å². The first-order chi connectivity index (χ1) is 6.63. The van der Waals surface area contributed by atoms with Crippen molar-refractivity contribution in [3.8, 4) is 0 Å². The molecular formula is C10H17ClN2O. The number of amides is 1. The molecule has 0 aliphatic carbocycles. The first-order valence-corrected chi connectivity index (χ1v) is 5.70. The molecule has 1 spiro atoms. The van der Waals surface area contributed by atoms with Gasteiger partial charge < -0.3 is 10.2 Å². The van der Waals surface area contributed by atoms with Crippen molar-refractivity contribution in [2.75, 3.05) is 26.2 Å². The van der Waals surface area contributed by atoms with Crippen molar-refractivity contribution >= 4 is 17.5 Å². The quantitative estimate of drug-likeness (QED) is 0.659. The summed E-state index contributed by atoms with van der Waals surface area (Å²) in [6.45, 7) is 5.78. The van der Waals surface area contributed by atoms with E-state index in [2.05, 4.69) is 5.32 Å². The van der Waals surface area contributed by atoms with Gasteiger partial charge in [-0.3, -0.25) is 4.79 Å². The molecule has 0 saturated carbocycles. The summed E-state index contributed by atoms with van der Waals surface area (Å²) >= 11 is 5.78. The maximum Gasteiger partial charge on any atom is 0.240 e. The summed E-state index contributed by atoms with van der Waals surface area (Å²) in [5, 5.41) is 2.94. The van der Waals surface area contributed by atoms with Gasteiger partial charge in [0.15, 0.2) is 0 Å². The molecule has 4 heteroatoms. The van der Waals surface area contributed by atoms with Crippen LogP contribution in [0.3, 0.4) is 0 Å². The second kappa shape index (κ2) is 3.70. The summed E-state index contributed by atoms with van der Waals surface area (Å²) in [5.41, 5.74) is 0.506. The number of hydrogen-bond acceptors (Lipinski definition) is 2. The highest BCUT2D eigenvalue weighted by Crippen LogP contribution is 2.35. The lowest BCUT2D eigenvalue weighted by Gasteiger charge is -2.48. The average molecular weight is 217 g/mol. The number of alkyl halides is 1. The van der Waals surface area contributed by atoms with E-state index < -0.39 is 0 Å². The molecule has 2 aliphatic rings. The highest BCUT2D eigenvalue weighted by atomic mass is 35.5. The number of carbonyl (C=O) groups excluding carboxylic acids is 1. The Bertz CT molecular complexity index is 228. The van der Waals surface area contributed by atoms with Crippen LogP contribution < -0.4 is 5.32 Å². The van der Waals surface area contributed by atoms with Gasteiger partial charge in [-0.15, -0.1) is 11.6 Å². The molecule has 0 radical (unpaired) electrons. The summed E-state index contributed by atoms with van der Waals surface area (Å²) in [4.78, 5) is 13.5. The minimum Gasteiger partial charge on any atom is -0.341 e. The lowest BCUT2D eigenvalue weighted by molar-refractivity contribution is -0.133. The van der Waals surface area contributed by atoms with E-state index in [1.165, 1.54) is 0 Å². The Kier molecular flexibility index (Phi) is 2.71. The van der Waals surface area contributed by atoms with Crippen LogP contribution in [0.25, 0.3) is 0 Å². The smallest absolute Gasteiger partial charge is 0.240 e. The zero-order valence-electron chi connectivity index (χ0n) is 8.55. The summed E-state index contributed by atoms with van der Waals surface area (Å²) in [6.07, 6.45) is 2.27. The third kappa shape index (κ3) is 1.75. The van der Waals surface area contributed by atoms with Crippen molar-refractivity contribution in [1.29, 1.82) is 0 Å². The zero-order chi connectivity index (χ0) is 10.2. The predicted octanol–water partition coefficient (Wildman–Crippen LogP) is 0.826. The van der Waals surface area contributed by atoms with Gasteiger partial charge in [0.1, 0.15) is 5.38 Å². The molecule has 1 atom stereocenters. The van der Waals surface area contributed by atoms with Crippen molar-refractivity contribution in [3.05, 3.63) is 0 Å². The van der Waals surface area contributed by atoms with E-state index in [4.69, 9.17) is 11.6 Å². The lowest BCUT2D eigenvalue weighted by atomic mass is 9.73. The van der Waals surface area contributed by atoms with E-state index >= 15 is 0 Å². The van der Waals surface area contributed by atoms with Gasteiger partial charge in [0.25, 0.3) is 0 Å². The number of rotatable bonds is 1. The van der Waals surface area contributed by atoms with Gasteiger partial charge in [-0.2, -0.15) is 0 Å². The van der Waals surface area contributed by atoms with Crippen LogP contribution in [0, 0.1) is 5.41 Å². The van der Waals surface area contributed by atoms with E-state index in [0.717, 1.165) is 39.0 Å². The molecule has 3 nitrogen and oxygen atoms in total. The van der Waals surface area contributed by atoms with Crippen LogP contribution in [0.1, 0.15) is 19.8 Å². The van der Waals surface area contributed by atoms with Gasteiger partial charge in [0.2, 0.25) is 5.91 Å². The topological polar surface area (TPSA) is 32.3 Å². The largest absolute Gasteiger partial charge is 0.341 e. The molecule has 80 valence electrons. The van der Waals surface area contributed by atoms with Crippen LogP contribution in [-0.4, -0.2) is 42.4 Å². The Morgan fingerprint density at radius 3 is 2.36 bits per heavy atom. The third-order valence-electron chi connectivity index (χ3n) is 3.48. The molecule has 1 unspecified atom stereocenters. The van der Waals surface area contributed by atoms with E-state index in [1.54, 1.807) is 6.92 Å². The summed E-state index contributed by atoms with van der Waals surface area (Å²) < 4.78 is 0. The molecule has 0 aromatic carbocycles. The molecule has 2 aliphatic heterocycles. The molecule has 2 fully saturated rings. The Morgan fingerprint density at radius 2 is 2.00 bits per heavy atom. The molecule has 2 saturated heterocycles. The van der Waals surface area contributed by atoms with Crippen molar-refractivity contribution < 1.29 is 4.79 Å². The highest BCUT2D eigenvalue weighted by molar-refractivity contribution is 6.30. The fraction of sp³-hybridized carbons (Fsp3) is 0.900. The first kappa shape index (κ1) is 10.2. The molecule has 2 rings (SSSR count). The van der Waals surface area contributed by atoms with Crippen LogP contribution in [-0.2, 0) is 4.79 Å². The van der Waals surface area contributed by atoms with Crippen molar-refractivity contribution in [2.45, 2.75) is 25.1 Å².